The molecule has 0 bridgehead atoms. The standard InChI is InChI=1S/C19H24N2O3/c1-6-15(20-11-19(22)24-5)12-21-17-8-7-16(23-4)9-14(17)10-18(21)13(2)3/h6-10,13H,1,11-12H2,2-5H3. The van der Waals surface area contributed by atoms with Crippen LogP contribution in [0.15, 0.2) is 41.9 Å². The Kier molecular flexibility index (Phi) is 5.79. The van der Waals surface area contributed by atoms with Crippen molar-refractivity contribution in [2.75, 3.05) is 20.8 Å². The number of aliphatic imine (C=N–C) groups is 1. The fraction of sp³-hybridized carbons (Fsp3) is 0.368. The van der Waals surface area contributed by atoms with E-state index in [0.29, 0.717) is 12.5 Å². The Bertz CT molecular complexity index is 772. The molecule has 0 saturated heterocycles. The Hall–Kier alpha value is -2.56. The van der Waals surface area contributed by atoms with E-state index in [1.807, 2.05) is 18.2 Å². The third-order valence-corrected chi connectivity index (χ3v) is 3.93. The van der Waals surface area contributed by atoms with Crippen LogP contribution in [0.25, 0.3) is 10.9 Å². The Balaban J connectivity index is 2.43. The van der Waals surface area contributed by atoms with E-state index in [4.69, 9.17) is 4.74 Å². The molecule has 0 saturated carbocycles. The number of benzene rings is 1. The van der Waals surface area contributed by atoms with Gasteiger partial charge in [0.15, 0.2) is 0 Å². The molecule has 1 heterocycles. The van der Waals surface area contributed by atoms with Crippen molar-refractivity contribution in [2.24, 2.45) is 4.99 Å². The molecule has 0 aliphatic heterocycles. The highest BCUT2D eigenvalue weighted by Gasteiger charge is 2.13. The lowest BCUT2D eigenvalue weighted by molar-refractivity contribution is -0.138. The summed E-state index contributed by atoms with van der Waals surface area (Å²) in [5.41, 5.74) is 3.05. The number of ether oxygens (including phenoxy) is 2. The number of hydrogen-bond acceptors (Lipinski definition) is 4. The summed E-state index contributed by atoms with van der Waals surface area (Å²) in [7, 11) is 3.02. The lowest BCUT2D eigenvalue weighted by atomic mass is 10.1. The van der Waals surface area contributed by atoms with Crippen molar-refractivity contribution < 1.29 is 14.3 Å². The average Bonchev–Trinajstić information content (AvgIpc) is 2.95. The Labute approximate surface area is 142 Å². The van der Waals surface area contributed by atoms with Crippen molar-refractivity contribution >= 4 is 22.6 Å². The first-order chi connectivity index (χ1) is 11.5. The van der Waals surface area contributed by atoms with Gasteiger partial charge in [0.2, 0.25) is 0 Å². The summed E-state index contributed by atoms with van der Waals surface area (Å²) < 4.78 is 12.2. The summed E-state index contributed by atoms with van der Waals surface area (Å²) in [6.07, 6.45) is 1.68. The minimum atomic E-state index is -0.361. The molecule has 2 rings (SSSR count). The molecule has 2 aromatic rings. The highest BCUT2D eigenvalue weighted by Crippen LogP contribution is 2.28. The first-order valence-corrected chi connectivity index (χ1v) is 7.89. The molecule has 128 valence electrons. The topological polar surface area (TPSA) is 52.8 Å². The molecule has 0 aliphatic carbocycles. The highest BCUT2D eigenvalue weighted by molar-refractivity contribution is 5.96. The molecule has 1 aromatic heterocycles. The summed E-state index contributed by atoms with van der Waals surface area (Å²) in [6.45, 7) is 8.68. The van der Waals surface area contributed by atoms with E-state index in [1.54, 1.807) is 13.2 Å². The van der Waals surface area contributed by atoms with Gasteiger partial charge in [0, 0.05) is 16.6 Å². The fourth-order valence-electron chi connectivity index (χ4n) is 2.62. The Morgan fingerprint density at radius 1 is 1.33 bits per heavy atom. The zero-order valence-corrected chi connectivity index (χ0v) is 14.7. The third-order valence-electron chi connectivity index (χ3n) is 3.93. The van der Waals surface area contributed by atoms with Crippen molar-refractivity contribution in [3.8, 4) is 5.75 Å². The van der Waals surface area contributed by atoms with Crippen LogP contribution in [0.4, 0.5) is 0 Å². The second-order valence-corrected chi connectivity index (χ2v) is 5.82. The van der Waals surface area contributed by atoms with Crippen LogP contribution >= 0.6 is 0 Å². The van der Waals surface area contributed by atoms with Crippen molar-refractivity contribution in [1.29, 1.82) is 0 Å². The maximum atomic E-state index is 11.3. The van der Waals surface area contributed by atoms with E-state index in [-0.39, 0.29) is 12.5 Å². The molecule has 0 atom stereocenters. The van der Waals surface area contributed by atoms with Crippen LogP contribution in [0.3, 0.4) is 0 Å². The van der Waals surface area contributed by atoms with Crippen molar-refractivity contribution in [3.05, 3.63) is 42.6 Å². The van der Waals surface area contributed by atoms with E-state index >= 15 is 0 Å². The minimum Gasteiger partial charge on any atom is -0.497 e. The van der Waals surface area contributed by atoms with Gasteiger partial charge < -0.3 is 14.0 Å². The van der Waals surface area contributed by atoms with Crippen LogP contribution in [0, 0.1) is 0 Å². The number of hydrogen-bond donors (Lipinski definition) is 0. The van der Waals surface area contributed by atoms with E-state index in [1.165, 1.54) is 12.8 Å². The summed E-state index contributed by atoms with van der Waals surface area (Å²) >= 11 is 0. The molecule has 1 aromatic carbocycles. The maximum absolute atomic E-state index is 11.3. The molecule has 5 nitrogen and oxygen atoms in total. The quantitative estimate of drug-likeness (QED) is 0.577. The number of esters is 1. The lowest BCUT2D eigenvalue weighted by Gasteiger charge is -2.13. The zero-order chi connectivity index (χ0) is 17.7. The van der Waals surface area contributed by atoms with Gasteiger partial charge >= 0.3 is 5.97 Å². The van der Waals surface area contributed by atoms with Crippen LogP contribution in [0.5, 0.6) is 5.75 Å². The Morgan fingerprint density at radius 2 is 2.08 bits per heavy atom. The Morgan fingerprint density at radius 3 is 2.67 bits per heavy atom. The summed E-state index contributed by atoms with van der Waals surface area (Å²) in [5.74, 6) is 0.828. The summed E-state index contributed by atoms with van der Waals surface area (Å²) in [6, 6.07) is 8.18. The molecule has 0 amide bonds. The molecule has 0 N–H and O–H groups in total. The van der Waals surface area contributed by atoms with Gasteiger partial charge in [-0.15, -0.1) is 0 Å². The molecule has 0 fully saturated rings. The van der Waals surface area contributed by atoms with Gasteiger partial charge in [-0.2, -0.15) is 0 Å². The number of rotatable bonds is 7. The smallest absolute Gasteiger partial charge is 0.327 e. The largest absolute Gasteiger partial charge is 0.497 e. The first kappa shape index (κ1) is 17.8. The average molecular weight is 328 g/mol. The molecule has 0 aliphatic rings. The predicted octanol–water partition coefficient (Wildman–Crippen LogP) is 3.57. The SMILES string of the molecule is C=CC(Cn1c(C(C)C)cc2cc(OC)ccc21)=NCC(=O)OC. The second-order valence-electron chi connectivity index (χ2n) is 5.82. The van der Waals surface area contributed by atoms with E-state index < -0.39 is 0 Å². The second kappa shape index (κ2) is 7.81. The monoisotopic (exact) mass is 328 g/mol. The lowest BCUT2D eigenvalue weighted by Crippen LogP contribution is -2.14. The number of methoxy groups -OCH3 is 2. The first-order valence-electron chi connectivity index (χ1n) is 7.89. The van der Waals surface area contributed by atoms with Gasteiger partial charge in [-0.05, 0) is 36.3 Å². The van der Waals surface area contributed by atoms with Gasteiger partial charge in [0.25, 0.3) is 0 Å². The van der Waals surface area contributed by atoms with Crippen LogP contribution in [-0.2, 0) is 16.1 Å². The van der Waals surface area contributed by atoms with E-state index in [2.05, 4.69) is 40.8 Å². The molecule has 0 radical (unpaired) electrons. The number of aromatic nitrogens is 1. The predicted molar refractivity (Wildman–Crippen MR) is 97.1 cm³/mol. The van der Waals surface area contributed by atoms with E-state index in [9.17, 15) is 4.79 Å². The van der Waals surface area contributed by atoms with Crippen LogP contribution < -0.4 is 4.74 Å². The molecule has 0 unspecified atom stereocenters. The van der Waals surface area contributed by atoms with Crippen LogP contribution in [0.2, 0.25) is 0 Å². The number of fused-ring (bicyclic) bond motifs is 1. The molecular weight excluding hydrogens is 304 g/mol. The number of nitrogens with zero attached hydrogens (tertiary/aromatic N) is 2. The minimum absolute atomic E-state index is 0.00187. The van der Waals surface area contributed by atoms with Gasteiger partial charge in [-0.25, -0.2) is 0 Å². The highest BCUT2D eigenvalue weighted by atomic mass is 16.5. The van der Waals surface area contributed by atoms with E-state index in [0.717, 1.165) is 22.4 Å². The number of allylic oxidation sites excluding steroid dienone is 1. The van der Waals surface area contributed by atoms with Crippen molar-refractivity contribution in [1.82, 2.24) is 4.57 Å². The van der Waals surface area contributed by atoms with Gasteiger partial charge in [0.1, 0.15) is 12.3 Å². The molecule has 24 heavy (non-hydrogen) atoms. The van der Waals surface area contributed by atoms with Crippen molar-refractivity contribution in [3.63, 3.8) is 0 Å². The number of carbonyl (C=O) groups is 1. The number of carbonyl (C=O) groups excluding carboxylic acids is 1. The molecular formula is C19H24N2O3. The molecule has 5 heteroatoms. The molecule has 0 spiro atoms. The zero-order valence-electron chi connectivity index (χ0n) is 14.7. The normalized spacial score (nSPS) is 11.8. The van der Waals surface area contributed by atoms with Gasteiger partial charge in [-0.1, -0.05) is 20.4 Å². The third kappa shape index (κ3) is 3.85. The van der Waals surface area contributed by atoms with Crippen LogP contribution in [-0.4, -0.2) is 37.0 Å². The van der Waals surface area contributed by atoms with Gasteiger partial charge in [-0.3, -0.25) is 9.79 Å². The summed E-state index contributed by atoms with van der Waals surface area (Å²) in [4.78, 5) is 15.6. The maximum Gasteiger partial charge on any atom is 0.327 e. The van der Waals surface area contributed by atoms with Crippen molar-refractivity contribution in [2.45, 2.75) is 26.3 Å². The van der Waals surface area contributed by atoms with Gasteiger partial charge in [0.05, 0.1) is 26.5 Å². The van der Waals surface area contributed by atoms with Crippen LogP contribution in [0.1, 0.15) is 25.5 Å². The fourth-order valence-corrected chi connectivity index (χ4v) is 2.62. The summed E-state index contributed by atoms with van der Waals surface area (Å²) in [5, 5.41) is 1.12.